The summed E-state index contributed by atoms with van der Waals surface area (Å²) in [5.41, 5.74) is 1.65. The van der Waals surface area contributed by atoms with E-state index in [9.17, 15) is 4.79 Å². The van der Waals surface area contributed by atoms with Crippen molar-refractivity contribution in [3.8, 4) is 11.8 Å². The number of carbonyl (C=O) groups excluding carboxylic acids is 1. The second-order valence-electron chi connectivity index (χ2n) is 3.04. The maximum Gasteiger partial charge on any atom is 0.300 e. The van der Waals surface area contributed by atoms with Crippen molar-refractivity contribution in [1.82, 2.24) is 5.32 Å². The van der Waals surface area contributed by atoms with E-state index in [2.05, 4.69) is 17.2 Å². The Kier molecular flexibility index (Phi) is 4.18. The summed E-state index contributed by atoms with van der Waals surface area (Å²) in [6, 6.07) is 9.42. The molecule has 0 aliphatic rings. The van der Waals surface area contributed by atoms with Gasteiger partial charge in [0.25, 0.3) is 5.91 Å². The molecular formula is C13H13NO. The lowest BCUT2D eigenvalue weighted by Gasteiger charge is -1.97. The van der Waals surface area contributed by atoms with E-state index >= 15 is 0 Å². The van der Waals surface area contributed by atoms with Crippen LogP contribution in [-0.4, -0.2) is 5.91 Å². The van der Waals surface area contributed by atoms with E-state index in [0.717, 1.165) is 11.3 Å². The van der Waals surface area contributed by atoms with E-state index in [-0.39, 0.29) is 5.91 Å². The van der Waals surface area contributed by atoms with E-state index in [0.29, 0.717) is 0 Å². The quantitative estimate of drug-likeness (QED) is 0.689. The van der Waals surface area contributed by atoms with Crippen LogP contribution in [0.25, 0.3) is 0 Å². The van der Waals surface area contributed by atoms with Crippen LogP contribution in [0.3, 0.4) is 0 Å². The normalized spacial score (nSPS) is 10.1. The van der Waals surface area contributed by atoms with Crippen molar-refractivity contribution < 1.29 is 4.79 Å². The van der Waals surface area contributed by atoms with Crippen LogP contribution in [0.4, 0.5) is 0 Å². The summed E-state index contributed by atoms with van der Waals surface area (Å²) in [5, 5.41) is 2.65. The maximum atomic E-state index is 11.3. The first-order valence-corrected chi connectivity index (χ1v) is 4.73. The molecule has 1 rings (SSSR count). The Morgan fingerprint density at radius 2 is 2.00 bits per heavy atom. The van der Waals surface area contributed by atoms with E-state index in [1.807, 2.05) is 50.3 Å². The highest BCUT2D eigenvalue weighted by atomic mass is 16.1. The predicted octanol–water partition coefficient (Wildman–Crippen LogP) is 2.08. The van der Waals surface area contributed by atoms with Gasteiger partial charge in [-0.3, -0.25) is 4.79 Å². The van der Waals surface area contributed by atoms with Crippen molar-refractivity contribution >= 4 is 5.91 Å². The Hall–Kier alpha value is -2.01. The fraction of sp³-hybridized carbons (Fsp3) is 0.154. The van der Waals surface area contributed by atoms with Crippen molar-refractivity contribution in [2.24, 2.45) is 0 Å². The Morgan fingerprint density at radius 1 is 1.33 bits per heavy atom. The lowest BCUT2D eigenvalue weighted by atomic mass is 10.2. The number of hydrogen-bond donors (Lipinski definition) is 1. The van der Waals surface area contributed by atoms with Gasteiger partial charge in [0.05, 0.1) is 0 Å². The molecule has 0 atom stereocenters. The molecule has 0 unspecified atom stereocenters. The SMILES string of the molecule is CC=C(C)NC(=O)C#Cc1ccccc1. The number of benzene rings is 1. The lowest BCUT2D eigenvalue weighted by molar-refractivity contribution is -0.115. The minimum Gasteiger partial charge on any atom is -0.320 e. The maximum absolute atomic E-state index is 11.3. The molecule has 76 valence electrons. The molecule has 0 spiro atoms. The molecule has 1 aromatic carbocycles. The molecule has 1 amide bonds. The van der Waals surface area contributed by atoms with Crippen LogP contribution in [0.2, 0.25) is 0 Å². The first-order valence-electron chi connectivity index (χ1n) is 4.73. The van der Waals surface area contributed by atoms with Crippen LogP contribution in [-0.2, 0) is 4.79 Å². The highest BCUT2D eigenvalue weighted by Gasteiger charge is 1.93. The van der Waals surface area contributed by atoms with Crippen LogP contribution >= 0.6 is 0 Å². The number of rotatable bonds is 1. The zero-order valence-electron chi connectivity index (χ0n) is 8.87. The number of allylic oxidation sites excluding steroid dienone is 2. The van der Waals surface area contributed by atoms with Gasteiger partial charge in [-0.15, -0.1) is 0 Å². The Morgan fingerprint density at radius 3 is 2.60 bits per heavy atom. The molecule has 0 saturated carbocycles. The standard InChI is InChI=1S/C13H13NO/c1-3-11(2)14-13(15)10-9-12-7-5-4-6-8-12/h3-8H,1-2H3,(H,14,15). The molecule has 1 aromatic rings. The average molecular weight is 199 g/mol. The molecule has 15 heavy (non-hydrogen) atoms. The number of hydrogen-bond acceptors (Lipinski definition) is 1. The highest BCUT2D eigenvalue weighted by Crippen LogP contribution is 1.94. The van der Waals surface area contributed by atoms with Crippen molar-refractivity contribution in [3.63, 3.8) is 0 Å². The van der Waals surface area contributed by atoms with E-state index in [4.69, 9.17) is 0 Å². The summed E-state index contributed by atoms with van der Waals surface area (Å²) in [5.74, 6) is 5.02. The number of amides is 1. The third kappa shape index (κ3) is 4.15. The Bertz CT molecular complexity index is 421. The van der Waals surface area contributed by atoms with Crippen molar-refractivity contribution in [1.29, 1.82) is 0 Å². The average Bonchev–Trinajstić information content (AvgIpc) is 2.27. The van der Waals surface area contributed by atoms with Gasteiger partial charge in [-0.25, -0.2) is 0 Å². The van der Waals surface area contributed by atoms with Crippen molar-refractivity contribution in [2.75, 3.05) is 0 Å². The molecule has 0 fully saturated rings. The third-order valence-corrected chi connectivity index (χ3v) is 1.84. The molecule has 0 saturated heterocycles. The van der Waals surface area contributed by atoms with Gasteiger partial charge >= 0.3 is 0 Å². The lowest BCUT2D eigenvalue weighted by Crippen LogP contribution is -2.18. The summed E-state index contributed by atoms with van der Waals surface area (Å²) in [7, 11) is 0. The largest absolute Gasteiger partial charge is 0.320 e. The van der Waals surface area contributed by atoms with Crippen LogP contribution in [0.1, 0.15) is 19.4 Å². The smallest absolute Gasteiger partial charge is 0.300 e. The molecule has 1 N–H and O–H groups in total. The minimum atomic E-state index is -0.283. The molecule has 2 heteroatoms. The van der Waals surface area contributed by atoms with E-state index in [1.165, 1.54) is 0 Å². The Balaban J connectivity index is 2.63. The fourth-order valence-corrected chi connectivity index (χ4v) is 0.933. The van der Waals surface area contributed by atoms with Crippen LogP contribution in [0, 0.1) is 11.8 Å². The molecule has 0 aromatic heterocycles. The van der Waals surface area contributed by atoms with Gasteiger partial charge in [-0.2, -0.15) is 0 Å². The monoisotopic (exact) mass is 199 g/mol. The fourth-order valence-electron chi connectivity index (χ4n) is 0.933. The molecule has 0 aliphatic heterocycles. The van der Waals surface area contributed by atoms with Crippen LogP contribution in [0.5, 0.6) is 0 Å². The zero-order valence-corrected chi connectivity index (χ0v) is 8.87. The minimum absolute atomic E-state index is 0.283. The van der Waals surface area contributed by atoms with Gasteiger partial charge < -0.3 is 5.32 Å². The van der Waals surface area contributed by atoms with E-state index in [1.54, 1.807) is 0 Å². The van der Waals surface area contributed by atoms with Gasteiger partial charge in [0.1, 0.15) is 0 Å². The highest BCUT2D eigenvalue weighted by molar-refractivity contribution is 5.95. The van der Waals surface area contributed by atoms with Gasteiger partial charge in [0, 0.05) is 17.2 Å². The van der Waals surface area contributed by atoms with Crippen molar-refractivity contribution in [3.05, 3.63) is 47.7 Å². The molecule has 0 radical (unpaired) electrons. The molecule has 2 nitrogen and oxygen atoms in total. The zero-order chi connectivity index (χ0) is 11.1. The van der Waals surface area contributed by atoms with Gasteiger partial charge in [0.2, 0.25) is 0 Å². The number of nitrogens with one attached hydrogen (secondary N) is 1. The molecule has 0 aliphatic carbocycles. The summed E-state index contributed by atoms with van der Waals surface area (Å²) in [6.45, 7) is 3.68. The summed E-state index contributed by atoms with van der Waals surface area (Å²) >= 11 is 0. The van der Waals surface area contributed by atoms with Gasteiger partial charge in [-0.05, 0) is 26.0 Å². The Labute approximate surface area is 90.0 Å². The van der Waals surface area contributed by atoms with Crippen molar-refractivity contribution in [2.45, 2.75) is 13.8 Å². The van der Waals surface area contributed by atoms with Crippen LogP contribution in [0.15, 0.2) is 42.1 Å². The molecule has 0 heterocycles. The first kappa shape index (κ1) is 11.1. The summed E-state index contributed by atoms with van der Waals surface area (Å²) in [4.78, 5) is 11.3. The number of carbonyl (C=O) groups is 1. The summed E-state index contributed by atoms with van der Waals surface area (Å²) < 4.78 is 0. The van der Waals surface area contributed by atoms with Crippen LogP contribution < -0.4 is 5.32 Å². The molecule has 0 bridgehead atoms. The second-order valence-corrected chi connectivity index (χ2v) is 3.04. The van der Waals surface area contributed by atoms with Gasteiger partial charge in [-0.1, -0.05) is 30.2 Å². The first-order chi connectivity index (χ1) is 7.22. The van der Waals surface area contributed by atoms with E-state index < -0.39 is 0 Å². The summed E-state index contributed by atoms with van der Waals surface area (Å²) in [6.07, 6.45) is 1.82. The van der Waals surface area contributed by atoms with Gasteiger partial charge in [0.15, 0.2) is 0 Å². The predicted molar refractivity (Wildman–Crippen MR) is 60.9 cm³/mol. The second kappa shape index (κ2) is 5.66. The third-order valence-electron chi connectivity index (χ3n) is 1.84. The molecular weight excluding hydrogens is 186 g/mol. The topological polar surface area (TPSA) is 29.1 Å².